The van der Waals surface area contributed by atoms with E-state index in [4.69, 9.17) is 4.74 Å². The zero-order chi connectivity index (χ0) is 17.7. The smallest absolute Gasteiger partial charge is 0.265 e. The number of ether oxygens (including phenoxy) is 1. The summed E-state index contributed by atoms with van der Waals surface area (Å²) in [5, 5.41) is 0. The second kappa shape index (κ2) is 8.51. The highest BCUT2D eigenvalue weighted by atomic mass is 79.9. The van der Waals surface area contributed by atoms with Crippen molar-refractivity contribution in [1.82, 2.24) is 4.90 Å². The van der Waals surface area contributed by atoms with Crippen LogP contribution in [0.2, 0.25) is 0 Å². The molecule has 0 aromatic heterocycles. The minimum absolute atomic E-state index is 0.0121. The number of benzene rings is 1. The molecular formula is C18H25BrN2O3. The summed E-state index contributed by atoms with van der Waals surface area (Å²) in [5.41, 5.74) is 0.655. The monoisotopic (exact) mass is 396 g/mol. The van der Waals surface area contributed by atoms with Crippen molar-refractivity contribution >= 4 is 33.4 Å². The molecule has 1 atom stereocenters. The zero-order valence-corrected chi connectivity index (χ0v) is 16.1. The van der Waals surface area contributed by atoms with Crippen LogP contribution in [0.15, 0.2) is 22.7 Å². The van der Waals surface area contributed by atoms with Crippen LogP contribution in [0.5, 0.6) is 5.75 Å². The quantitative estimate of drug-likeness (QED) is 0.707. The molecule has 1 unspecified atom stereocenters. The Kier molecular flexibility index (Phi) is 6.66. The maximum atomic E-state index is 12.8. The molecule has 0 saturated heterocycles. The van der Waals surface area contributed by atoms with E-state index >= 15 is 0 Å². The molecular weight excluding hydrogens is 372 g/mol. The highest BCUT2D eigenvalue weighted by Gasteiger charge is 2.29. The van der Waals surface area contributed by atoms with Crippen LogP contribution in [0.4, 0.5) is 5.69 Å². The van der Waals surface area contributed by atoms with E-state index in [1.165, 1.54) is 4.90 Å². The summed E-state index contributed by atoms with van der Waals surface area (Å²) in [6.07, 6.45) is 2.90. The molecule has 0 radical (unpaired) electrons. The van der Waals surface area contributed by atoms with Gasteiger partial charge < -0.3 is 9.64 Å². The molecule has 1 aliphatic heterocycles. The average Bonchev–Trinajstić information content (AvgIpc) is 2.57. The summed E-state index contributed by atoms with van der Waals surface area (Å²) in [6.45, 7) is 7.00. The number of carbonyl (C=O) groups excluding carboxylic acids is 2. The van der Waals surface area contributed by atoms with Gasteiger partial charge >= 0.3 is 0 Å². The lowest BCUT2D eigenvalue weighted by molar-refractivity contribution is -0.133. The van der Waals surface area contributed by atoms with Crippen molar-refractivity contribution < 1.29 is 14.3 Å². The van der Waals surface area contributed by atoms with Crippen LogP contribution in [0.3, 0.4) is 0 Å². The normalized spacial score (nSPS) is 14.8. The number of anilines is 1. The molecule has 0 spiro atoms. The van der Waals surface area contributed by atoms with Gasteiger partial charge in [0, 0.05) is 17.1 Å². The predicted molar refractivity (Wildman–Crippen MR) is 98.4 cm³/mol. The van der Waals surface area contributed by atoms with Gasteiger partial charge in [-0.15, -0.1) is 0 Å². The molecule has 1 aromatic carbocycles. The topological polar surface area (TPSA) is 49.9 Å². The van der Waals surface area contributed by atoms with Crippen LogP contribution >= 0.6 is 15.9 Å². The Hall–Kier alpha value is -1.56. The number of hydrogen-bond donors (Lipinski definition) is 0. The number of fused-ring (bicyclic) bond motifs is 1. The minimum Gasteiger partial charge on any atom is -0.482 e. The van der Waals surface area contributed by atoms with E-state index in [9.17, 15) is 9.59 Å². The Morgan fingerprint density at radius 3 is 2.83 bits per heavy atom. The van der Waals surface area contributed by atoms with Crippen LogP contribution in [0, 0.1) is 0 Å². The van der Waals surface area contributed by atoms with Gasteiger partial charge in [0.05, 0.1) is 5.69 Å². The highest BCUT2D eigenvalue weighted by molar-refractivity contribution is 9.10. The molecule has 0 fully saturated rings. The van der Waals surface area contributed by atoms with E-state index in [-0.39, 0.29) is 31.0 Å². The summed E-state index contributed by atoms with van der Waals surface area (Å²) in [4.78, 5) is 28.5. The van der Waals surface area contributed by atoms with Crippen molar-refractivity contribution in [2.24, 2.45) is 0 Å². The highest BCUT2D eigenvalue weighted by Crippen LogP contribution is 2.34. The van der Waals surface area contributed by atoms with Gasteiger partial charge in [-0.05, 0) is 38.0 Å². The van der Waals surface area contributed by atoms with E-state index in [1.807, 2.05) is 23.1 Å². The number of halogens is 1. The maximum Gasteiger partial charge on any atom is 0.265 e. The predicted octanol–water partition coefficient (Wildman–Crippen LogP) is 3.60. The van der Waals surface area contributed by atoms with E-state index in [0.717, 1.165) is 30.3 Å². The van der Waals surface area contributed by atoms with Crippen LogP contribution in [-0.4, -0.2) is 42.5 Å². The summed E-state index contributed by atoms with van der Waals surface area (Å²) >= 11 is 3.40. The third kappa shape index (κ3) is 4.29. The number of rotatable bonds is 7. The Morgan fingerprint density at radius 2 is 2.17 bits per heavy atom. The molecule has 6 heteroatoms. The largest absolute Gasteiger partial charge is 0.482 e. The molecule has 0 aliphatic carbocycles. The van der Waals surface area contributed by atoms with E-state index in [1.54, 1.807) is 0 Å². The van der Waals surface area contributed by atoms with Crippen molar-refractivity contribution in [2.45, 2.75) is 46.1 Å². The number of carbonyl (C=O) groups is 2. The van der Waals surface area contributed by atoms with Crippen LogP contribution in [0.1, 0.15) is 40.0 Å². The molecule has 0 bridgehead atoms. The number of hydrogen-bond acceptors (Lipinski definition) is 3. The van der Waals surface area contributed by atoms with Crippen molar-refractivity contribution in [3.63, 3.8) is 0 Å². The standard InChI is InChI=1S/C18H25BrN2O3/c1-4-6-9-20(13(3)5-2)17(22)11-21-15-8-7-14(19)10-16(15)24-12-18(21)23/h7-8,10,13H,4-6,9,11-12H2,1-3H3. The minimum atomic E-state index is -0.183. The van der Waals surface area contributed by atoms with E-state index in [0.29, 0.717) is 11.4 Å². The summed E-state index contributed by atoms with van der Waals surface area (Å²) in [6, 6.07) is 5.65. The van der Waals surface area contributed by atoms with Crippen molar-refractivity contribution in [3.8, 4) is 5.75 Å². The molecule has 0 N–H and O–H groups in total. The number of amides is 2. The molecule has 2 amide bonds. The Labute approximate surface area is 152 Å². The summed E-state index contributed by atoms with van der Waals surface area (Å²) < 4.78 is 6.36. The Balaban J connectivity index is 2.19. The van der Waals surface area contributed by atoms with Crippen molar-refractivity contribution in [3.05, 3.63) is 22.7 Å². The molecule has 0 saturated carbocycles. The zero-order valence-electron chi connectivity index (χ0n) is 14.5. The molecule has 1 aliphatic rings. The lowest BCUT2D eigenvalue weighted by atomic mass is 10.1. The van der Waals surface area contributed by atoms with E-state index < -0.39 is 0 Å². The Bertz CT molecular complexity index is 606. The third-order valence-electron chi connectivity index (χ3n) is 4.35. The molecule has 1 heterocycles. The molecule has 1 aromatic rings. The lowest BCUT2D eigenvalue weighted by Gasteiger charge is -2.33. The fourth-order valence-electron chi connectivity index (χ4n) is 2.72. The van der Waals surface area contributed by atoms with Gasteiger partial charge in [-0.3, -0.25) is 14.5 Å². The van der Waals surface area contributed by atoms with Crippen LogP contribution in [-0.2, 0) is 9.59 Å². The van der Waals surface area contributed by atoms with Gasteiger partial charge in [-0.2, -0.15) is 0 Å². The molecule has 5 nitrogen and oxygen atoms in total. The third-order valence-corrected chi connectivity index (χ3v) is 4.85. The molecule has 132 valence electrons. The summed E-state index contributed by atoms with van der Waals surface area (Å²) in [5.74, 6) is 0.431. The second-order valence-corrected chi connectivity index (χ2v) is 6.99. The van der Waals surface area contributed by atoms with Crippen molar-refractivity contribution in [1.29, 1.82) is 0 Å². The molecule has 24 heavy (non-hydrogen) atoms. The molecule has 2 rings (SSSR count). The van der Waals surface area contributed by atoms with Gasteiger partial charge in [0.15, 0.2) is 6.61 Å². The fraction of sp³-hybridized carbons (Fsp3) is 0.556. The summed E-state index contributed by atoms with van der Waals surface area (Å²) in [7, 11) is 0. The van der Waals surface area contributed by atoms with Crippen LogP contribution < -0.4 is 9.64 Å². The SMILES string of the molecule is CCCCN(C(=O)CN1C(=O)COc2cc(Br)ccc21)C(C)CC. The second-order valence-electron chi connectivity index (χ2n) is 6.08. The lowest BCUT2D eigenvalue weighted by Crippen LogP contribution is -2.49. The average molecular weight is 397 g/mol. The first-order chi connectivity index (χ1) is 11.5. The first-order valence-electron chi connectivity index (χ1n) is 8.50. The van der Waals surface area contributed by atoms with Gasteiger partial charge in [0.1, 0.15) is 12.3 Å². The van der Waals surface area contributed by atoms with Gasteiger partial charge in [0.2, 0.25) is 5.91 Å². The first-order valence-corrected chi connectivity index (χ1v) is 9.29. The van der Waals surface area contributed by atoms with Crippen molar-refractivity contribution in [2.75, 3.05) is 24.6 Å². The number of nitrogens with zero attached hydrogens (tertiary/aromatic N) is 2. The number of unbranched alkanes of at least 4 members (excludes halogenated alkanes) is 1. The van der Waals surface area contributed by atoms with Gasteiger partial charge in [-0.1, -0.05) is 36.2 Å². The fourth-order valence-corrected chi connectivity index (χ4v) is 3.06. The van der Waals surface area contributed by atoms with Gasteiger partial charge in [-0.25, -0.2) is 0 Å². The maximum absolute atomic E-state index is 12.8. The Morgan fingerprint density at radius 1 is 1.42 bits per heavy atom. The van der Waals surface area contributed by atoms with Gasteiger partial charge in [0.25, 0.3) is 5.91 Å². The first kappa shape index (κ1) is 18.8. The van der Waals surface area contributed by atoms with Crippen LogP contribution in [0.25, 0.3) is 0 Å². The van der Waals surface area contributed by atoms with E-state index in [2.05, 4.69) is 36.7 Å².